The van der Waals surface area contributed by atoms with Gasteiger partial charge < -0.3 is 10.2 Å². The summed E-state index contributed by atoms with van der Waals surface area (Å²) < 4.78 is 0. The molecule has 1 rings (SSSR count). The molecule has 0 aromatic heterocycles. The van der Waals surface area contributed by atoms with Crippen molar-refractivity contribution in [2.45, 2.75) is 45.4 Å². The van der Waals surface area contributed by atoms with Crippen molar-refractivity contribution in [2.75, 3.05) is 0 Å². The highest BCUT2D eigenvalue weighted by Gasteiger charge is 2.07. The van der Waals surface area contributed by atoms with Crippen molar-refractivity contribution >= 4 is 17.6 Å². The molecule has 0 aliphatic rings. The van der Waals surface area contributed by atoms with E-state index < -0.39 is 0 Å². The first-order chi connectivity index (χ1) is 10.0. The zero-order chi connectivity index (χ0) is 15.7. The molecule has 1 aromatic carbocycles. The van der Waals surface area contributed by atoms with Crippen LogP contribution in [0.25, 0.3) is 6.08 Å². The molecular formula is C17H22O4. The van der Waals surface area contributed by atoms with E-state index in [1.165, 1.54) is 24.3 Å². The summed E-state index contributed by atoms with van der Waals surface area (Å²) in [6.45, 7) is 2.11. The molecule has 0 amide bonds. The van der Waals surface area contributed by atoms with Crippen LogP contribution in [0.4, 0.5) is 0 Å². The fourth-order valence-corrected chi connectivity index (χ4v) is 1.92. The van der Waals surface area contributed by atoms with Crippen LogP contribution in [0.3, 0.4) is 0 Å². The van der Waals surface area contributed by atoms with Gasteiger partial charge in [-0.05, 0) is 30.2 Å². The smallest absolute Gasteiger partial charge is 0.163 e. The highest BCUT2D eigenvalue weighted by Crippen LogP contribution is 2.25. The number of phenolic OH excluding ortho intramolecular Hbond substituents is 2. The maximum Gasteiger partial charge on any atom is 0.163 e. The number of rotatable bonds is 9. The predicted molar refractivity (Wildman–Crippen MR) is 82.2 cm³/mol. The number of aromatic hydroxyl groups is 2. The Labute approximate surface area is 125 Å². The number of ketones is 2. The molecule has 0 saturated carbocycles. The highest BCUT2D eigenvalue weighted by atomic mass is 16.3. The van der Waals surface area contributed by atoms with E-state index in [4.69, 9.17) is 0 Å². The fraction of sp³-hybridized carbons (Fsp3) is 0.412. The number of allylic oxidation sites excluding steroid dienone is 1. The maximum absolute atomic E-state index is 11.6. The summed E-state index contributed by atoms with van der Waals surface area (Å²) >= 11 is 0. The average molecular weight is 290 g/mol. The number of hydrogen-bond donors (Lipinski definition) is 2. The van der Waals surface area contributed by atoms with Crippen LogP contribution in [0, 0.1) is 0 Å². The topological polar surface area (TPSA) is 74.6 Å². The summed E-state index contributed by atoms with van der Waals surface area (Å²) in [4.78, 5) is 23.2. The van der Waals surface area contributed by atoms with Crippen LogP contribution >= 0.6 is 0 Å². The first-order valence-corrected chi connectivity index (χ1v) is 7.27. The second-order valence-corrected chi connectivity index (χ2v) is 5.07. The van der Waals surface area contributed by atoms with E-state index in [2.05, 4.69) is 6.92 Å². The molecule has 0 atom stereocenters. The Morgan fingerprint density at radius 2 is 1.86 bits per heavy atom. The molecule has 4 heteroatoms. The van der Waals surface area contributed by atoms with Gasteiger partial charge in [-0.1, -0.05) is 38.3 Å². The molecule has 0 spiro atoms. The molecule has 0 fully saturated rings. The van der Waals surface area contributed by atoms with Gasteiger partial charge in [-0.3, -0.25) is 9.59 Å². The lowest BCUT2D eigenvalue weighted by Gasteiger charge is -1.99. The molecule has 0 saturated heterocycles. The molecule has 0 heterocycles. The molecule has 21 heavy (non-hydrogen) atoms. The third kappa shape index (κ3) is 6.75. The monoisotopic (exact) mass is 290 g/mol. The van der Waals surface area contributed by atoms with Crippen molar-refractivity contribution in [3.63, 3.8) is 0 Å². The van der Waals surface area contributed by atoms with Crippen LogP contribution in [-0.2, 0) is 9.59 Å². The van der Waals surface area contributed by atoms with Gasteiger partial charge in [0, 0.05) is 6.42 Å². The largest absolute Gasteiger partial charge is 0.504 e. The van der Waals surface area contributed by atoms with Crippen LogP contribution in [0.5, 0.6) is 11.5 Å². The number of carbonyl (C=O) groups excluding carboxylic acids is 2. The number of phenols is 2. The minimum atomic E-state index is -0.247. The highest BCUT2D eigenvalue weighted by molar-refractivity contribution is 6.06. The van der Waals surface area contributed by atoms with Gasteiger partial charge in [0.05, 0.1) is 6.42 Å². The molecular weight excluding hydrogens is 268 g/mol. The maximum atomic E-state index is 11.6. The average Bonchev–Trinajstić information content (AvgIpc) is 2.45. The van der Waals surface area contributed by atoms with Crippen LogP contribution < -0.4 is 0 Å². The van der Waals surface area contributed by atoms with Crippen molar-refractivity contribution in [3.05, 3.63) is 29.8 Å². The zero-order valence-electron chi connectivity index (χ0n) is 12.3. The van der Waals surface area contributed by atoms with E-state index in [-0.39, 0.29) is 29.5 Å². The lowest BCUT2D eigenvalue weighted by molar-refractivity contribution is -0.124. The molecule has 114 valence electrons. The van der Waals surface area contributed by atoms with Gasteiger partial charge in [-0.25, -0.2) is 0 Å². The minimum Gasteiger partial charge on any atom is -0.504 e. The van der Waals surface area contributed by atoms with Crippen LogP contribution in [0.2, 0.25) is 0 Å². The van der Waals surface area contributed by atoms with Gasteiger partial charge in [0.2, 0.25) is 0 Å². The lowest BCUT2D eigenvalue weighted by Crippen LogP contribution is -2.05. The summed E-state index contributed by atoms with van der Waals surface area (Å²) in [6, 6.07) is 4.27. The summed E-state index contributed by atoms with van der Waals surface area (Å²) in [5, 5.41) is 18.5. The molecule has 4 nitrogen and oxygen atoms in total. The predicted octanol–water partition coefficient (Wildman–Crippen LogP) is 3.61. The van der Waals surface area contributed by atoms with Crippen molar-refractivity contribution in [1.82, 2.24) is 0 Å². The van der Waals surface area contributed by atoms with Crippen LogP contribution in [0.1, 0.15) is 51.0 Å². The number of Topliss-reactive ketones (excluding diaryl/α,β-unsaturated/α-hetero) is 1. The number of benzene rings is 1. The quantitative estimate of drug-likeness (QED) is 0.315. The van der Waals surface area contributed by atoms with Gasteiger partial charge >= 0.3 is 0 Å². The van der Waals surface area contributed by atoms with E-state index in [0.29, 0.717) is 12.0 Å². The standard InChI is InChI=1S/C17H22O4/c1-2-3-4-5-6-14(18)12-15(19)9-7-13-8-10-16(20)17(21)11-13/h7-11,20-21H,2-6,12H2,1H3. The molecule has 0 aliphatic carbocycles. The van der Waals surface area contributed by atoms with E-state index in [0.717, 1.165) is 25.7 Å². The van der Waals surface area contributed by atoms with E-state index in [9.17, 15) is 19.8 Å². The molecule has 1 aromatic rings. The molecule has 0 bridgehead atoms. The summed E-state index contributed by atoms with van der Waals surface area (Å²) in [6.07, 6.45) is 7.34. The zero-order valence-corrected chi connectivity index (χ0v) is 12.3. The Bertz CT molecular complexity index is 518. The van der Waals surface area contributed by atoms with Crippen molar-refractivity contribution in [3.8, 4) is 11.5 Å². The Morgan fingerprint density at radius 1 is 1.10 bits per heavy atom. The lowest BCUT2D eigenvalue weighted by atomic mass is 10.1. The van der Waals surface area contributed by atoms with Gasteiger partial charge in [-0.15, -0.1) is 0 Å². The van der Waals surface area contributed by atoms with Crippen molar-refractivity contribution in [2.24, 2.45) is 0 Å². The summed E-state index contributed by atoms with van der Waals surface area (Å²) in [5.74, 6) is -0.727. The van der Waals surface area contributed by atoms with Gasteiger partial charge in [0.15, 0.2) is 17.3 Å². The van der Waals surface area contributed by atoms with Gasteiger partial charge in [0.1, 0.15) is 5.78 Å². The summed E-state index contributed by atoms with van der Waals surface area (Å²) in [5.41, 5.74) is 0.592. The third-order valence-electron chi connectivity index (χ3n) is 3.14. The summed E-state index contributed by atoms with van der Waals surface area (Å²) in [7, 11) is 0. The molecule has 0 aliphatic heterocycles. The van der Waals surface area contributed by atoms with E-state index in [1.54, 1.807) is 6.07 Å². The first kappa shape index (κ1) is 17.0. The number of unbranched alkanes of at least 4 members (excludes halogenated alkanes) is 3. The SMILES string of the molecule is CCCCCCC(=O)CC(=O)C=Cc1ccc(O)c(O)c1. The Morgan fingerprint density at radius 3 is 2.52 bits per heavy atom. The van der Waals surface area contributed by atoms with Crippen molar-refractivity contribution < 1.29 is 19.8 Å². The minimum absolute atomic E-state index is 0.0330. The first-order valence-electron chi connectivity index (χ1n) is 7.27. The number of carbonyl (C=O) groups is 2. The van der Waals surface area contributed by atoms with E-state index in [1.807, 2.05) is 0 Å². The normalized spacial score (nSPS) is 10.9. The third-order valence-corrected chi connectivity index (χ3v) is 3.14. The van der Waals surface area contributed by atoms with E-state index >= 15 is 0 Å². The number of hydrogen-bond acceptors (Lipinski definition) is 4. The van der Waals surface area contributed by atoms with Crippen LogP contribution in [-0.4, -0.2) is 21.8 Å². The van der Waals surface area contributed by atoms with Gasteiger partial charge in [0.25, 0.3) is 0 Å². The second kappa shape index (κ2) is 8.95. The molecule has 0 unspecified atom stereocenters. The fourth-order valence-electron chi connectivity index (χ4n) is 1.92. The Hall–Kier alpha value is -2.10. The second-order valence-electron chi connectivity index (χ2n) is 5.07. The van der Waals surface area contributed by atoms with Crippen LogP contribution in [0.15, 0.2) is 24.3 Å². The molecule has 0 radical (unpaired) electrons. The Kier molecular flexibility index (Phi) is 7.23. The molecule has 2 N–H and O–H groups in total. The van der Waals surface area contributed by atoms with Crippen molar-refractivity contribution in [1.29, 1.82) is 0 Å². The Balaban J connectivity index is 2.40. The van der Waals surface area contributed by atoms with Gasteiger partial charge in [-0.2, -0.15) is 0 Å².